The van der Waals surface area contributed by atoms with Crippen LogP contribution < -0.4 is 9.47 Å². The molecule has 1 atom stereocenters. The number of carbonyl (C=O) groups excluding carboxylic acids is 2. The highest BCUT2D eigenvalue weighted by Gasteiger charge is 2.46. The lowest BCUT2D eigenvalue weighted by Crippen LogP contribution is -2.31. The molecule has 6 rings (SSSR count). The number of benzene rings is 3. The normalized spacial score (nSPS) is 18.3. The van der Waals surface area contributed by atoms with Crippen LogP contribution in [-0.2, 0) is 16.0 Å². The summed E-state index contributed by atoms with van der Waals surface area (Å²) < 4.78 is 10.7. The first-order valence-corrected chi connectivity index (χ1v) is 11.5. The molecule has 36 heavy (non-hydrogen) atoms. The number of phenols is 1. The van der Waals surface area contributed by atoms with Crippen LogP contribution in [0, 0.1) is 0 Å². The molecule has 2 aliphatic rings. The maximum atomic E-state index is 13.3. The highest BCUT2D eigenvalue weighted by Crippen LogP contribution is 2.41. The number of para-hydroxylation sites is 1. The molecule has 2 aliphatic heterocycles. The minimum absolute atomic E-state index is 0.0107. The van der Waals surface area contributed by atoms with E-state index in [1.54, 1.807) is 30.3 Å². The number of hydrogen-bond donors (Lipinski definition) is 3. The van der Waals surface area contributed by atoms with Crippen LogP contribution in [0.1, 0.15) is 22.7 Å². The third kappa shape index (κ3) is 3.54. The van der Waals surface area contributed by atoms with Gasteiger partial charge in [-0.2, -0.15) is 0 Å². The smallest absolute Gasteiger partial charge is 0.295 e. The molecule has 1 saturated heterocycles. The zero-order valence-electron chi connectivity index (χ0n) is 19.1. The van der Waals surface area contributed by atoms with Gasteiger partial charge in [-0.3, -0.25) is 9.59 Å². The summed E-state index contributed by atoms with van der Waals surface area (Å²) in [5.74, 6) is -0.684. The Balaban J connectivity index is 1.41. The van der Waals surface area contributed by atoms with Gasteiger partial charge in [-0.25, -0.2) is 0 Å². The Morgan fingerprint density at radius 1 is 1.00 bits per heavy atom. The van der Waals surface area contributed by atoms with E-state index in [-0.39, 0.29) is 30.4 Å². The summed E-state index contributed by atoms with van der Waals surface area (Å²) in [5.41, 5.74) is 2.95. The van der Waals surface area contributed by atoms with Crippen LogP contribution in [0.3, 0.4) is 0 Å². The lowest BCUT2D eigenvalue weighted by Gasteiger charge is -2.25. The lowest BCUT2D eigenvalue weighted by atomic mass is 9.95. The fourth-order valence-electron chi connectivity index (χ4n) is 4.89. The summed E-state index contributed by atoms with van der Waals surface area (Å²) in [5, 5.41) is 22.1. The largest absolute Gasteiger partial charge is 0.508 e. The number of Topliss-reactive ketones (excluding diaryl/α,β-unsaturated/α-hetero) is 1. The Morgan fingerprint density at radius 2 is 1.78 bits per heavy atom. The number of carbonyl (C=O) groups is 2. The number of amides is 1. The number of likely N-dealkylation sites (tertiary alicyclic amines) is 1. The highest BCUT2D eigenvalue weighted by atomic mass is 16.7. The van der Waals surface area contributed by atoms with Gasteiger partial charge in [-0.1, -0.05) is 30.3 Å². The van der Waals surface area contributed by atoms with E-state index in [4.69, 9.17) is 9.47 Å². The molecule has 1 unspecified atom stereocenters. The van der Waals surface area contributed by atoms with Gasteiger partial charge in [0.2, 0.25) is 6.79 Å². The molecule has 0 aliphatic carbocycles. The number of H-pyrrole nitrogens is 1. The maximum absolute atomic E-state index is 13.3. The number of ether oxygens (including phenoxy) is 2. The first-order chi connectivity index (χ1) is 17.5. The van der Waals surface area contributed by atoms with Gasteiger partial charge in [0.1, 0.15) is 11.5 Å². The molecule has 0 spiro atoms. The predicted octanol–water partition coefficient (Wildman–Crippen LogP) is 4.27. The first-order valence-electron chi connectivity index (χ1n) is 11.5. The monoisotopic (exact) mass is 482 g/mol. The molecule has 1 aromatic heterocycles. The van der Waals surface area contributed by atoms with E-state index in [2.05, 4.69) is 4.98 Å². The molecule has 3 N–H and O–H groups in total. The molecule has 1 fully saturated rings. The van der Waals surface area contributed by atoms with Crippen LogP contribution in [0.4, 0.5) is 0 Å². The van der Waals surface area contributed by atoms with E-state index in [0.717, 1.165) is 16.5 Å². The van der Waals surface area contributed by atoms with Crippen LogP contribution in [0.5, 0.6) is 17.2 Å². The molecular weight excluding hydrogens is 460 g/mol. The van der Waals surface area contributed by atoms with Crippen molar-refractivity contribution in [2.45, 2.75) is 12.5 Å². The number of ketones is 1. The molecule has 8 nitrogen and oxygen atoms in total. The van der Waals surface area contributed by atoms with E-state index in [0.29, 0.717) is 29.0 Å². The molecule has 3 heterocycles. The number of aromatic nitrogens is 1. The minimum atomic E-state index is -0.818. The fourth-order valence-corrected chi connectivity index (χ4v) is 4.89. The fraction of sp³-hybridized carbons (Fsp3) is 0.143. The third-order valence-electron chi connectivity index (χ3n) is 6.69. The Kier molecular flexibility index (Phi) is 5.14. The number of aromatic hydroxyl groups is 1. The first kappa shape index (κ1) is 21.8. The van der Waals surface area contributed by atoms with Crippen LogP contribution >= 0.6 is 0 Å². The summed E-state index contributed by atoms with van der Waals surface area (Å²) in [6.45, 7) is 0.334. The molecule has 1 amide bonds. The molecular formula is C28H22N2O6. The Hall–Kier alpha value is -4.72. The molecule has 4 aromatic rings. The average molecular weight is 482 g/mol. The van der Waals surface area contributed by atoms with Gasteiger partial charge in [0.15, 0.2) is 11.5 Å². The summed E-state index contributed by atoms with van der Waals surface area (Å²) in [4.78, 5) is 31.2. The van der Waals surface area contributed by atoms with Crippen LogP contribution in [0.25, 0.3) is 16.7 Å². The van der Waals surface area contributed by atoms with Crippen molar-refractivity contribution in [3.63, 3.8) is 0 Å². The van der Waals surface area contributed by atoms with E-state index in [1.807, 2.05) is 30.5 Å². The van der Waals surface area contributed by atoms with Crippen LogP contribution in [0.15, 0.2) is 78.5 Å². The number of aliphatic hydroxyl groups is 1. The number of hydrogen-bond acceptors (Lipinski definition) is 6. The molecule has 0 radical (unpaired) electrons. The van der Waals surface area contributed by atoms with E-state index < -0.39 is 17.7 Å². The zero-order valence-corrected chi connectivity index (χ0v) is 19.1. The van der Waals surface area contributed by atoms with Gasteiger partial charge in [-0.05, 0) is 53.9 Å². The summed E-state index contributed by atoms with van der Waals surface area (Å²) in [7, 11) is 0. The zero-order chi connectivity index (χ0) is 24.8. The van der Waals surface area contributed by atoms with Gasteiger partial charge in [0.05, 0.1) is 11.6 Å². The van der Waals surface area contributed by atoms with E-state index in [9.17, 15) is 19.8 Å². The molecule has 0 saturated carbocycles. The van der Waals surface area contributed by atoms with Crippen molar-refractivity contribution in [3.8, 4) is 17.2 Å². The van der Waals surface area contributed by atoms with Crippen molar-refractivity contribution in [1.82, 2.24) is 9.88 Å². The van der Waals surface area contributed by atoms with E-state index in [1.165, 1.54) is 17.0 Å². The number of nitrogens with one attached hydrogen (secondary N) is 1. The number of phenolic OH excluding ortho intramolecular Hbond substituents is 1. The Morgan fingerprint density at radius 3 is 2.61 bits per heavy atom. The number of aromatic amines is 1. The SMILES string of the molecule is O=C1C(=O)N(CCc2c[nH]c3ccccc23)C(c2ccc(O)cc2)/C1=C(\O)c1ccc2c(c1)OCO2. The van der Waals surface area contributed by atoms with Gasteiger partial charge < -0.3 is 29.6 Å². The quantitative estimate of drug-likeness (QED) is 0.223. The van der Waals surface area contributed by atoms with Crippen LogP contribution in [0.2, 0.25) is 0 Å². The van der Waals surface area contributed by atoms with Crippen molar-refractivity contribution in [3.05, 3.63) is 95.2 Å². The second-order valence-corrected chi connectivity index (χ2v) is 8.76. The number of rotatable bonds is 5. The second-order valence-electron chi connectivity index (χ2n) is 8.76. The summed E-state index contributed by atoms with van der Waals surface area (Å²) in [6, 6.07) is 18.2. The topological polar surface area (TPSA) is 112 Å². The number of fused-ring (bicyclic) bond motifs is 2. The molecule has 3 aromatic carbocycles. The van der Waals surface area contributed by atoms with Crippen molar-refractivity contribution >= 4 is 28.4 Å². The van der Waals surface area contributed by atoms with Gasteiger partial charge in [0, 0.05) is 29.2 Å². The summed E-state index contributed by atoms with van der Waals surface area (Å²) >= 11 is 0. The Bertz CT molecular complexity index is 1540. The second kappa shape index (κ2) is 8.49. The molecule has 8 heteroatoms. The van der Waals surface area contributed by atoms with Gasteiger partial charge in [-0.15, -0.1) is 0 Å². The maximum Gasteiger partial charge on any atom is 0.295 e. The van der Waals surface area contributed by atoms with Crippen molar-refractivity contribution in [1.29, 1.82) is 0 Å². The number of nitrogens with zero attached hydrogens (tertiary/aromatic N) is 1. The molecule has 180 valence electrons. The van der Waals surface area contributed by atoms with Crippen molar-refractivity contribution in [2.24, 2.45) is 0 Å². The van der Waals surface area contributed by atoms with E-state index >= 15 is 0 Å². The molecule has 0 bridgehead atoms. The van der Waals surface area contributed by atoms with Crippen molar-refractivity contribution in [2.75, 3.05) is 13.3 Å². The summed E-state index contributed by atoms with van der Waals surface area (Å²) in [6.07, 6.45) is 2.42. The average Bonchev–Trinajstić information content (AvgIpc) is 3.60. The van der Waals surface area contributed by atoms with Crippen LogP contribution in [-0.4, -0.2) is 45.1 Å². The Labute approximate surface area is 206 Å². The minimum Gasteiger partial charge on any atom is -0.508 e. The lowest BCUT2D eigenvalue weighted by molar-refractivity contribution is -0.139. The van der Waals surface area contributed by atoms with Gasteiger partial charge >= 0.3 is 0 Å². The number of aliphatic hydroxyl groups excluding tert-OH is 1. The van der Waals surface area contributed by atoms with Gasteiger partial charge in [0.25, 0.3) is 11.7 Å². The standard InChI is InChI=1S/C28H22N2O6/c31-19-8-5-16(6-9-19)25-24(26(32)17-7-10-22-23(13-17)36-15-35-22)27(33)28(34)30(25)12-11-18-14-29-21-4-2-1-3-20(18)21/h1-10,13-14,25,29,31-32H,11-12,15H2/b26-24+. The predicted molar refractivity (Wildman–Crippen MR) is 132 cm³/mol. The highest BCUT2D eigenvalue weighted by molar-refractivity contribution is 6.46. The third-order valence-corrected chi connectivity index (χ3v) is 6.69. The van der Waals surface area contributed by atoms with Crippen molar-refractivity contribution < 1.29 is 29.3 Å².